The van der Waals surface area contributed by atoms with Gasteiger partial charge in [0.25, 0.3) is 0 Å². The van der Waals surface area contributed by atoms with Crippen molar-refractivity contribution in [3.63, 3.8) is 0 Å². The number of aliphatic hydroxyl groups is 1. The number of amides is 3. The summed E-state index contributed by atoms with van der Waals surface area (Å²) in [4.78, 5) is 48.1. The fourth-order valence-corrected chi connectivity index (χ4v) is 9.20. The lowest BCUT2D eigenvalue weighted by atomic mass is 9.65. The number of unbranched alkanes of at least 4 members (excludes halogenated alkanes) is 2. The highest BCUT2D eigenvalue weighted by atomic mass is 32.2. The molecule has 37 heavy (non-hydrogen) atoms. The van der Waals surface area contributed by atoms with Crippen LogP contribution >= 0.6 is 11.8 Å². The molecule has 3 rings (SSSR count). The number of likely N-dealkylation sites (tertiary alicyclic amines) is 1. The van der Waals surface area contributed by atoms with Crippen LogP contribution in [-0.2, 0) is 14.4 Å². The van der Waals surface area contributed by atoms with E-state index >= 15 is 0 Å². The summed E-state index contributed by atoms with van der Waals surface area (Å²) in [5, 5.41) is 9.29. The molecule has 3 aliphatic heterocycles. The molecule has 0 aromatic carbocycles. The molecule has 1 N–H and O–H groups in total. The van der Waals surface area contributed by atoms with Crippen molar-refractivity contribution in [3.05, 3.63) is 25.3 Å². The third-order valence-electron chi connectivity index (χ3n) is 8.36. The van der Waals surface area contributed by atoms with Gasteiger partial charge in [-0.15, -0.1) is 24.9 Å². The molecular weight excluding hydrogens is 486 g/mol. The molecular formula is C29H47N3O4S. The van der Waals surface area contributed by atoms with Crippen molar-refractivity contribution in [2.75, 3.05) is 32.8 Å². The van der Waals surface area contributed by atoms with E-state index in [9.17, 15) is 19.5 Å². The summed E-state index contributed by atoms with van der Waals surface area (Å²) in [6.45, 7) is 20.0. The SMILES string of the molecule is C=CCN(CCC)C(=O)[C@@H]1[C@@H]2CC(C)C3(S2)C(C(=O)N(CC=C)C(C)(C)C)N(CCCCCO)C(=O)[C@H]13. The van der Waals surface area contributed by atoms with Gasteiger partial charge < -0.3 is 19.8 Å². The summed E-state index contributed by atoms with van der Waals surface area (Å²) < 4.78 is -0.618. The van der Waals surface area contributed by atoms with Crippen LogP contribution < -0.4 is 0 Å². The van der Waals surface area contributed by atoms with Crippen LogP contribution in [0, 0.1) is 17.8 Å². The first-order valence-electron chi connectivity index (χ1n) is 13.9. The number of thioether (sulfide) groups is 1. The zero-order valence-electron chi connectivity index (χ0n) is 23.4. The molecule has 2 bridgehead atoms. The van der Waals surface area contributed by atoms with E-state index in [1.807, 2.05) is 37.5 Å². The van der Waals surface area contributed by atoms with Gasteiger partial charge in [-0.3, -0.25) is 14.4 Å². The Morgan fingerprint density at radius 3 is 2.41 bits per heavy atom. The van der Waals surface area contributed by atoms with Gasteiger partial charge in [0.2, 0.25) is 17.7 Å². The number of nitrogens with zero attached hydrogens (tertiary/aromatic N) is 3. The highest BCUT2D eigenvalue weighted by molar-refractivity contribution is 8.02. The normalized spacial score (nSPS) is 30.4. The van der Waals surface area contributed by atoms with Gasteiger partial charge >= 0.3 is 0 Å². The summed E-state index contributed by atoms with van der Waals surface area (Å²) in [6, 6.07) is -0.611. The molecule has 3 heterocycles. The van der Waals surface area contributed by atoms with Gasteiger partial charge in [-0.1, -0.05) is 26.0 Å². The standard InChI is InChI=1S/C29H47N3O4S/c1-8-14-30(15-9-2)25(34)22-21-19-20(4)29(37-21)23(22)26(35)31(17-12-11-13-18-33)24(29)27(36)32(16-10-3)28(5,6)7/h8,10,20-24,33H,1,3,9,11-19H2,2,4-7H3/t20?,21-,22+,23-,24?,29?/m0/s1. The topological polar surface area (TPSA) is 81.2 Å². The Bertz CT molecular complexity index is 887. The van der Waals surface area contributed by atoms with Crippen LogP contribution in [0.4, 0.5) is 0 Å². The summed E-state index contributed by atoms with van der Waals surface area (Å²) in [7, 11) is 0. The number of rotatable bonds is 13. The first kappa shape index (κ1) is 29.8. The first-order chi connectivity index (χ1) is 17.5. The van der Waals surface area contributed by atoms with Crippen LogP contribution in [0.15, 0.2) is 25.3 Å². The fourth-order valence-electron chi connectivity index (χ4n) is 6.79. The van der Waals surface area contributed by atoms with Gasteiger partial charge in [0, 0.05) is 43.6 Å². The number of carbonyl (C=O) groups is 3. The second-order valence-electron chi connectivity index (χ2n) is 11.8. The third-order valence-corrected chi connectivity index (χ3v) is 10.4. The Kier molecular flexibility index (Phi) is 9.60. The molecule has 3 amide bonds. The van der Waals surface area contributed by atoms with Crippen LogP contribution in [0.25, 0.3) is 0 Å². The first-order valence-corrected chi connectivity index (χ1v) is 14.8. The maximum atomic E-state index is 14.4. The molecule has 3 saturated heterocycles. The Morgan fingerprint density at radius 2 is 1.84 bits per heavy atom. The summed E-state index contributed by atoms with van der Waals surface area (Å²) in [5.41, 5.74) is -0.437. The Balaban J connectivity index is 2.07. The predicted octanol–water partition coefficient (Wildman–Crippen LogP) is 3.72. The van der Waals surface area contributed by atoms with Crippen molar-refractivity contribution < 1.29 is 19.5 Å². The molecule has 0 radical (unpaired) electrons. The van der Waals surface area contributed by atoms with E-state index in [4.69, 9.17) is 0 Å². The van der Waals surface area contributed by atoms with Crippen LogP contribution in [-0.4, -0.2) is 91.9 Å². The molecule has 6 atom stereocenters. The average molecular weight is 534 g/mol. The molecule has 1 spiro atoms. The van der Waals surface area contributed by atoms with E-state index < -0.39 is 28.2 Å². The lowest BCUT2D eigenvalue weighted by Crippen LogP contribution is -2.60. The van der Waals surface area contributed by atoms with Crippen LogP contribution in [0.1, 0.15) is 66.7 Å². The lowest BCUT2D eigenvalue weighted by molar-refractivity contribution is -0.146. The van der Waals surface area contributed by atoms with E-state index in [2.05, 4.69) is 20.1 Å². The molecule has 0 saturated carbocycles. The number of fused-ring (bicyclic) bond motifs is 1. The largest absolute Gasteiger partial charge is 0.396 e. The maximum absolute atomic E-state index is 14.4. The lowest BCUT2D eigenvalue weighted by Gasteiger charge is -2.44. The van der Waals surface area contributed by atoms with E-state index in [-0.39, 0.29) is 35.5 Å². The molecule has 0 aliphatic carbocycles. The molecule has 8 heteroatoms. The van der Waals surface area contributed by atoms with E-state index in [0.717, 1.165) is 25.7 Å². The van der Waals surface area contributed by atoms with Gasteiger partial charge in [-0.2, -0.15) is 0 Å². The second kappa shape index (κ2) is 11.9. The monoisotopic (exact) mass is 533 g/mol. The highest BCUT2D eigenvalue weighted by Gasteiger charge is 2.76. The Morgan fingerprint density at radius 1 is 1.16 bits per heavy atom. The van der Waals surface area contributed by atoms with E-state index in [0.29, 0.717) is 32.6 Å². The smallest absolute Gasteiger partial charge is 0.247 e. The minimum Gasteiger partial charge on any atom is -0.396 e. The zero-order valence-corrected chi connectivity index (χ0v) is 24.3. The summed E-state index contributed by atoms with van der Waals surface area (Å²) >= 11 is 1.73. The van der Waals surface area contributed by atoms with Crippen LogP contribution in [0.3, 0.4) is 0 Å². The van der Waals surface area contributed by atoms with Crippen molar-refractivity contribution in [2.45, 2.75) is 88.3 Å². The predicted molar refractivity (Wildman–Crippen MR) is 150 cm³/mol. The maximum Gasteiger partial charge on any atom is 0.247 e. The number of hydrogen-bond acceptors (Lipinski definition) is 5. The van der Waals surface area contributed by atoms with E-state index in [1.165, 1.54) is 0 Å². The fraction of sp³-hybridized carbons (Fsp3) is 0.759. The molecule has 0 aromatic rings. The third kappa shape index (κ3) is 5.25. The average Bonchev–Trinajstić information content (AvgIpc) is 3.42. The molecule has 3 aliphatic rings. The van der Waals surface area contributed by atoms with Crippen LogP contribution in [0.5, 0.6) is 0 Å². The molecule has 208 valence electrons. The number of carbonyl (C=O) groups excluding carboxylic acids is 3. The second-order valence-corrected chi connectivity index (χ2v) is 13.4. The van der Waals surface area contributed by atoms with Gasteiger partial charge in [-0.05, 0) is 58.8 Å². The van der Waals surface area contributed by atoms with Gasteiger partial charge in [-0.25, -0.2) is 0 Å². The van der Waals surface area contributed by atoms with Crippen molar-refractivity contribution in [2.24, 2.45) is 17.8 Å². The minimum absolute atomic E-state index is 0.0264. The summed E-state index contributed by atoms with van der Waals surface area (Å²) in [5.74, 6) is -0.847. The minimum atomic E-state index is -0.618. The van der Waals surface area contributed by atoms with Gasteiger partial charge in [0.05, 0.1) is 16.6 Å². The number of hydrogen-bond donors (Lipinski definition) is 1. The van der Waals surface area contributed by atoms with E-state index in [1.54, 1.807) is 28.8 Å². The molecule has 3 fully saturated rings. The van der Waals surface area contributed by atoms with Crippen molar-refractivity contribution >= 4 is 29.5 Å². The quantitative estimate of drug-likeness (QED) is 0.288. The van der Waals surface area contributed by atoms with Crippen molar-refractivity contribution in [1.29, 1.82) is 0 Å². The van der Waals surface area contributed by atoms with Gasteiger partial charge in [0.15, 0.2) is 0 Å². The van der Waals surface area contributed by atoms with Crippen molar-refractivity contribution in [3.8, 4) is 0 Å². The molecule has 7 nitrogen and oxygen atoms in total. The van der Waals surface area contributed by atoms with Gasteiger partial charge in [0.1, 0.15) is 6.04 Å². The molecule has 3 unspecified atom stereocenters. The highest BCUT2D eigenvalue weighted by Crippen LogP contribution is 2.69. The summed E-state index contributed by atoms with van der Waals surface area (Å²) in [6.07, 6.45) is 7.33. The number of aliphatic hydroxyl groups excluding tert-OH is 1. The zero-order chi connectivity index (χ0) is 27.5. The Hall–Kier alpha value is -1.80. The molecule has 0 aromatic heterocycles. The van der Waals surface area contributed by atoms with Crippen LogP contribution in [0.2, 0.25) is 0 Å². The Labute approximate surface area is 227 Å². The van der Waals surface area contributed by atoms with Crippen molar-refractivity contribution in [1.82, 2.24) is 14.7 Å².